The third-order valence-electron chi connectivity index (χ3n) is 4.98. The quantitative estimate of drug-likeness (QED) is 0.639. The second-order valence-corrected chi connectivity index (χ2v) is 7.18. The summed E-state index contributed by atoms with van der Waals surface area (Å²) in [5.74, 6) is 0.672. The van der Waals surface area contributed by atoms with E-state index in [1.807, 2.05) is 13.8 Å². The van der Waals surface area contributed by atoms with Crippen LogP contribution in [0.1, 0.15) is 92.4 Å². The van der Waals surface area contributed by atoms with Gasteiger partial charge in [0, 0.05) is 11.1 Å². The van der Waals surface area contributed by atoms with E-state index in [1.165, 1.54) is 39.0 Å². The van der Waals surface area contributed by atoms with Crippen molar-refractivity contribution in [3.63, 3.8) is 0 Å². The third-order valence-corrected chi connectivity index (χ3v) is 4.98. The first-order valence-corrected chi connectivity index (χ1v) is 9.33. The van der Waals surface area contributed by atoms with Crippen LogP contribution in [0, 0.1) is 5.92 Å². The maximum atomic E-state index is 11.7. The molecule has 0 amide bonds. The normalized spacial score (nSPS) is 20.8. The Morgan fingerprint density at radius 2 is 1.65 bits per heavy atom. The van der Waals surface area contributed by atoms with Gasteiger partial charge in [-0.3, -0.25) is 4.79 Å². The van der Waals surface area contributed by atoms with Gasteiger partial charge in [0.25, 0.3) is 0 Å². The van der Waals surface area contributed by atoms with Crippen molar-refractivity contribution in [3.8, 4) is 0 Å². The van der Waals surface area contributed by atoms with E-state index in [0.717, 1.165) is 31.6 Å². The zero-order valence-corrected chi connectivity index (χ0v) is 15.7. The summed E-state index contributed by atoms with van der Waals surface area (Å²) >= 11 is 0. The number of hydrogen-bond donors (Lipinski definition) is 0. The molecule has 1 aliphatic carbocycles. The molecular formula is C20H34O3. The monoisotopic (exact) mass is 322 g/mol. The molecule has 1 saturated carbocycles. The van der Waals surface area contributed by atoms with E-state index in [4.69, 9.17) is 4.74 Å². The highest BCUT2D eigenvalue weighted by Gasteiger charge is 2.46. The van der Waals surface area contributed by atoms with E-state index in [9.17, 15) is 9.59 Å². The zero-order valence-electron chi connectivity index (χ0n) is 15.7. The zero-order chi connectivity index (χ0) is 17.5. The van der Waals surface area contributed by atoms with Crippen LogP contribution >= 0.6 is 0 Å². The number of cyclic esters (lactones) is 1. The first-order valence-electron chi connectivity index (χ1n) is 9.33. The van der Waals surface area contributed by atoms with Crippen molar-refractivity contribution in [2.75, 3.05) is 0 Å². The van der Waals surface area contributed by atoms with E-state index in [0.29, 0.717) is 11.1 Å². The molecule has 0 aromatic heterocycles. The van der Waals surface area contributed by atoms with E-state index in [1.54, 1.807) is 6.92 Å². The highest BCUT2D eigenvalue weighted by molar-refractivity contribution is 6.07. The smallest absolute Gasteiger partial charge is 0.335 e. The van der Waals surface area contributed by atoms with Gasteiger partial charge in [-0.25, -0.2) is 4.79 Å². The summed E-state index contributed by atoms with van der Waals surface area (Å²) < 4.78 is 5.48. The minimum atomic E-state index is -0.642. The maximum absolute atomic E-state index is 11.7. The summed E-state index contributed by atoms with van der Waals surface area (Å²) in [4.78, 5) is 23.3. The molecule has 0 unspecified atom stereocenters. The number of carbonyl (C=O) groups is 2. The average Bonchev–Trinajstić information content (AvgIpc) is 2.72. The van der Waals surface area contributed by atoms with Crippen LogP contribution in [0.25, 0.3) is 0 Å². The Hall–Kier alpha value is -1.12. The number of rotatable bonds is 5. The Labute approximate surface area is 141 Å². The maximum Gasteiger partial charge on any atom is 0.335 e. The average molecular weight is 322 g/mol. The molecule has 0 radical (unpaired) electrons. The number of esters is 1. The molecule has 0 atom stereocenters. The topological polar surface area (TPSA) is 43.4 Å². The predicted octanol–water partition coefficient (Wildman–Crippen LogP) is 5.37. The molecule has 1 fully saturated rings. The molecule has 3 nitrogen and oxygen atoms in total. The highest BCUT2D eigenvalue weighted by Crippen LogP contribution is 2.40. The molecule has 23 heavy (non-hydrogen) atoms. The SMILES string of the molecule is CC1CCCCC1.CCCC1(CCC)OC(=O)C(C)=C1C(C)=O. The van der Waals surface area contributed by atoms with E-state index < -0.39 is 5.60 Å². The van der Waals surface area contributed by atoms with Crippen LogP contribution < -0.4 is 0 Å². The predicted molar refractivity (Wildman–Crippen MR) is 94.3 cm³/mol. The summed E-state index contributed by atoms with van der Waals surface area (Å²) in [6.07, 6.45) is 10.7. The van der Waals surface area contributed by atoms with Gasteiger partial charge in [-0.2, -0.15) is 0 Å². The molecule has 0 N–H and O–H groups in total. The fourth-order valence-corrected chi connectivity index (χ4v) is 3.93. The molecule has 132 valence electrons. The van der Waals surface area contributed by atoms with E-state index in [-0.39, 0.29) is 11.8 Å². The van der Waals surface area contributed by atoms with Gasteiger partial charge in [-0.15, -0.1) is 0 Å². The van der Waals surface area contributed by atoms with E-state index in [2.05, 4.69) is 6.92 Å². The van der Waals surface area contributed by atoms with Gasteiger partial charge >= 0.3 is 5.97 Å². The Balaban J connectivity index is 0.000000313. The van der Waals surface area contributed by atoms with Crippen molar-refractivity contribution in [1.82, 2.24) is 0 Å². The molecule has 1 aliphatic heterocycles. The third kappa shape index (κ3) is 5.19. The van der Waals surface area contributed by atoms with Crippen molar-refractivity contribution < 1.29 is 14.3 Å². The number of ketones is 1. The minimum absolute atomic E-state index is 0.0368. The summed E-state index contributed by atoms with van der Waals surface area (Å²) in [6.45, 7) is 9.64. The van der Waals surface area contributed by atoms with Crippen molar-refractivity contribution in [2.45, 2.75) is 98.0 Å². The van der Waals surface area contributed by atoms with Crippen LogP contribution in [-0.2, 0) is 14.3 Å². The molecule has 0 bridgehead atoms. The van der Waals surface area contributed by atoms with Crippen molar-refractivity contribution in [3.05, 3.63) is 11.1 Å². The van der Waals surface area contributed by atoms with Gasteiger partial charge in [-0.1, -0.05) is 65.7 Å². The van der Waals surface area contributed by atoms with Gasteiger partial charge in [0.1, 0.15) is 5.60 Å². The molecule has 0 aromatic rings. The van der Waals surface area contributed by atoms with Gasteiger partial charge in [0.05, 0.1) is 0 Å². The lowest BCUT2D eigenvalue weighted by atomic mass is 9.82. The standard InChI is InChI=1S/C13H20O3.C7H14/c1-5-7-13(8-6-2)11(10(4)14)9(3)12(15)16-13;1-7-5-3-2-4-6-7/h5-8H2,1-4H3;7H,2-6H2,1H3. The molecule has 3 heteroatoms. The van der Waals surface area contributed by atoms with Gasteiger partial charge in [0.2, 0.25) is 0 Å². The van der Waals surface area contributed by atoms with Gasteiger partial charge in [0.15, 0.2) is 5.78 Å². The van der Waals surface area contributed by atoms with Crippen LogP contribution in [0.3, 0.4) is 0 Å². The molecule has 0 saturated heterocycles. The Kier molecular flexibility index (Phi) is 8.01. The molecule has 0 spiro atoms. The van der Waals surface area contributed by atoms with Crippen LogP contribution in [-0.4, -0.2) is 17.4 Å². The van der Waals surface area contributed by atoms with Crippen LogP contribution in [0.2, 0.25) is 0 Å². The first kappa shape index (κ1) is 19.9. The number of hydrogen-bond acceptors (Lipinski definition) is 3. The fourth-order valence-electron chi connectivity index (χ4n) is 3.93. The summed E-state index contributed by atoms with van der Waals surface area (Å²) in [6, 6.07) is 0. The van der Waals surface area contributed by atoms with Crippen LogP contribution in [0.15, 0.2) is 11.1 Å². The van der Waals surface area contributed by atoms with Gasteiger partial charge < -0.3 is 4.74 Å². The molecule has 2 aliphatic rings. The van der Waals surface area contributed by atoms with Gasteiger partial charge in [-0.05, 0) is 32.6 Å². The van der Waals surface area contributed by atoms with E-state index >= 15 is 0 Å². The molecule has 0 aromatic carbocycles. The molecular weight excluding hydrogens is 288 g/mol. The highest BCUT2D eigenvalue weighted by atomic mass is 16.6. The lowest BCUT2D eigenvalue weighted by Gasteiger charge is -2.29. The molecule has 1 heterocycles. The van der Waals surface area contributed by atoms with Crippen molar-refractivity contribution in [1.29, 1.82) is 0 Å². The fraction of sp³-hybridized carbons (Fsp3) is 0.800. The Bertz CT molecular complexity index is 436. The Morgan fingerprint density at radius 1 is 1.13 bits per heavy atom. The Morgan fingerprint density at radius 3 is 2.00 bits per heavy atom. The second-order valence-electron chi connectivity index (χ2n) is 7.18. The van der Waals surface area contributed by atoms with Crippen LogP contribution in [0.5, 0.6) is 0 Å². The first-order chi connectivity index (χ1) is 10.9. The number of carbonyl (C=O) groups excluding carboxylic acids is 2. The summed E-state index contributed by atoms with van der Waals surface area (Å²) in [5.41, 5.74) is 0.451. The lowest BCUT2D eigenvalue weighted by Crippen LogP contribution is -2.34. The summed E-state index contributed by atoms with van der Waals surface area (Å²) in [7, 11) is 0. The second kappa shape index (κ2) is 9.24. The largest absolute Gasteiger partial charge is 0.451 e. The van der Waals surface area contributed by atoms with Crippen molar-refractivity contribution >= 4 is 11.8 Å². The van der Waals surface area contributed by atoms with Crippen LogP contribution in [0.4, 0.5) is 0 Å². The molecule has 2 rings (SSSR count). The summed E-state index contributed by atoms with van der Waals surface area (Å²) in [5, 5.41) is 0. The van der Waals surface area contributed by atoms with Crippen molar-refractivity contribution in [2.24, 2.45) is 5.92 Å². The lowest BCUT2D eigenvalue weighted by molar-refractivity contribution is -0.148. The number of ether oxygens (including phenoxy) is 1. The number of Topliss-reactive ketones (excluding diaryl/α,β-unsaturated/α-hetero) is 1. The minimum Gasteiger partial charge on any atom is -0.451 e.